The van der Waals surface area contributed by atoms with Crippen molar-refractivity contribution >= 4 is 23.5 Å². The van der Waals surface area contributed by atoms with Crippen molar-refractivity contribution in [3.8, 4) is 0 Å². The molecule has 0 atom stereocenters. The maximum atomic E-state index is 11.7. The lowest BCUT2D eigenvalue weighted by atomic mass is 9.60. The van der Waals surface area contributed by atoms with Crippen LogP contribution in [0.5, 0.6) is 0 Å². The van der Waals surface area contributed by atoms with Crippen LogP contribution in [0.4, 0.5) is 0 Å². The van der Waals surface area contributed by atoms with Crippen LogP contribution < -0.4 is 0 Å². The van der Waals surface area contributed by atoms with Crippen molar-refractivity contribution in [2.24, 2.45) is 23.2 Å². The van der Waals surface area contributed by atoms with Crippen molar-refractivity contribution < 1.29 is 28.7 Å². The van der Waals surface area contributed by atoms with Gasteiger partial charge >= 0.3 is 11.9 Å². The summed E-state index contributed by atoms with van der Waals surface area (Å²) in [5.41, 5.74) is 0.227. The molecule has 0 radical (unpaired) electrons. The number of hydrogen-bond acceptors (Lipinski definition) is 6. The van der Waals surface area contributed by atoms with Crippen molar-refractivity contribution in [3.63, 3.8) is 0 Å². The molecule has 2 saturated carbocycles. The Morgan fingerprint density at radius 1 is 0.733 bits per heavy atom. The maximum absolute atomic E-state index is 11.7. The van der Waals surface area contributed by atoms with E-state index in [1.165, 1.54) is 13.8 Å². The summed E-state index contributed by atoms with van der Waals surface area (Å²) >= 11 is 0. The van der Waals surface area contributed by atoms with E-state index in [9.17, 15) is 19.2 Å². The van der Waals surface area contributed by atoms with Crippen LogP contribution in [-0.4, -0.2) is 36.2 Å². The number of esters is 2. The quantitative estimate of drug-likeness (QED) is 0.404. The average molecular weight is 423 g/mol. The molecule has 170 valence electrons. The summed E-state index contributed by atoms with van der Waals surface area (Å²) in [4.78, 5) is 45.4. The number of ketones is 2. The van der Waals surface area contributed by atoms with Crippen LogP contribution >= 0.6 is 0 Å². The predicted octanol–water partition coefficient (Wildman–Crippen LogP) is 4.42. The van der Waals surface area contributed by atoms with E-state index in [0.717, 1.165) is 51.4 Å². The summed E-state index contributed by atoms with van der Waals surface area (Å²) in [5.74, 6) is 0.522. The number of carbonyl (C=O) groups excluding carboxylic acids is 4. The number of ether oxygens (including phenoxy) is 2. The fourth-order valence-corrected chi connectivity index (χ4v) is 5.23. The highest BCUT2D eigenvalue weighted by molar-refractivity contribution is 5.94. The third-order valence-corrected chi connectivity index (χ3v) is 7.19. The van der Waals surface area contributed by atoms with Crippen LogP contribution in [0, 0.1) is 23.2 Å². The van der Waals surface area contributed by atoms with Gasteiger partial charge in [-0.15, -0.1) is 0 Å². The molecule has 0 saturated heterocycles. The Bertz CT molecular complexity index is 622. The smallest absolute Gasteiger partial charge is 0.313 e. The van der Waals surface area contributed by atoms with Gasteiger partial charge in [0.05, 0.1) is 6.61 Å². The van der Waals surface area contributed by atoms with Gasteiger partial charge in [-0.1, -0.05) is 13.8 Å². The Labute approximate surface area is 180 Å². The van der Waals surface area contributed by atoms with E-state index in [0.29, 0.717) is 24.4 Å². The van der Waals surface area contributed by atoms with E-state index in [1.54, 1.807) is 0 Å². The second kappa shape index (κ2) is 11.1. The van der Waals surface area contributed by atoms with Gasteiger partial charge in [-0.2, -0.15) is 0 Å². The van der Waals surface area contributed by atoms with Gasteiger partial charge in [-0.25, -0.2) is 0 Å². The summed E-state index contributed by atoms with van der Waals surface area (Å²) in [5, 5.41) is 0. The molecule has 0 aromatic rings. The summed E-state index contributed by atoms with van der Waals surface area (Å²) in [6.45, 7) is 7.98. The summed E-state index contributed by atoms with van der Waals surface area (Å²) in [7, 11) is 0. The maximum Gasteiger partial charge on any atom is 0.313 e. The lowest BCUT2D eigenvalue weighted by Gasteiger charge is -2.46. The minimum atomic E-state index is -0.411. The minimum Gasteiger partial charge on any atom is -0.465 e. The number of Topliss-reactive ketones (excluding diaryl/α,β-unsaturated/α-hetero) is 2. The molecule has 2 rings (SSSR count). The monoisotopic (exact) mass is 422 g/mol. The van der Waals surface area contributed by atoms with Crippen LogP contribution in [0.3, 0.4) is 0 Å². The molecule has 2 aliphatic carbocycles. The zero-order valence-electron chi connectivity index (χ0n) is 19.0. The van der Waals surface area contributed by atoms with Crippen LogP contribution in [0.2, 0.25) is 0 Å². The standard InChI is InChI=1S/C24H38O6/c1-16(25)13-22(27)29-15-18-5-7-19(8-6-18)24(3,4)20-9-11-21(12-10-20)30-23(28)14-17(2)26/h18-21H,5-15H2,1-4H3. The molecule has 0 aromatic carbocycles. The van der Waals surface area contributed by atoms with E-state index in [-0.39, 0.29) is 35.9 Å². The van der Waals surface area contributed by atoms with Gasteiger partial charge < -0.3 is 9.47 Å². The van der Waals surface area contributed by atoms with Gasteiger partial charge in [-0.05, 0) is 88.4 Å². The van der Waals surface area contributed by atoms with Gasteiger partial charge in [0.15, 0.2) is 0 Å². The lowest BCUT2D eigenvalue weighted by molar-refractivity contribution is -0.153. The second-order valence-electron chi connectivity index (χ2n) is 9.94. The third-order valence-electron chi connectivity index (χ3n) is 7.19. The topological polar surface area (TPSA) is 86.7 Å². The molecule has 0 aromatic heterocycles. The molecular formula is C24H38O6. The lowest BCUT2D eigenvalue weighted by Crippen LogP contribution is -2.39. The first-order valence-corrected chi connectivity index (χ1v) is 11.4. The minimum absolute atomic E-state index is 0.0516. The Morgan fingerprint density at radius 2 is 1.20 bits per heavy atom. The SMILES string of the molecule is CC(=O)CC(=O)OCC1CCC(C(C)(C)C2CCC(OC(=O)CC(C)=O)CC2)CC1. The molecule has 0 spiro atoms. The Hall–Kier alpha value is -1.72. The van der Waals surface area contributed by atoms with E-state index in [4.69, 9.17) is 9.47 Å². The highest BCUT2D eigenvalue weighted by Gasteiger charge is 2.41. The molecule has 6 heteroatoms. The molecule has 0 heterocycles. The number of hydrogen-bond donors (Lipinski definition) is 0. The molecule has 0 bridgehead atoms. The van der Waals surface area contributed by atoms with Crippen molar-refractivity contribution in [1.82, 2.24) is 0 Å². The van der Waals surface area contributed by atoms with E-state index in [2.05, 4.69) is 13.8 Å². The molecular weight excluding hydrogens is 384 g/mol. The second-order valence-corrected chi connectivity index (χ2v) is 9.94. The highest BCUT2D eigenvalue weighted by atomic mass is 16.5. The zero-order chi connectivity index (χ0) is 22.3. The number of carbonyl (C=O) groups is 4. The largest absolute Gasteiger partial charge is 0.465 e. The first-order valence-electron chi connectivity index (χ1n) is 11.4. The molecule has 2 fully saturated rings. The van der Waals surface area contributed by atoms with E-state index in [1.807, 2.05) is 0 Å². The van der Waals surface area contributed by atoms with Gasteiger partial charge in [0.25, 0.3) is 0 Å². The van der Waals surface area contributed by atoms with E-state index >= 15 is 0 Å². The molecule has 0 N–H and O–H groups in total. The van der Waals surface area contributed by atoms with Crippen LogP contribution in [-0.2, 0) is 28.7 Å². The van der Waals surface area contributed by atoms with Crippen molar-refractivity contribution in [1.29, 1.82) is 0 Å². The van der Waals surface area contributed by atoms with Crippen LogP contribution in [0.1, 0.15) is 91.9 Å². The van der Waals surface area contributed by atoms with Crippen molar-refractivity contribution in [2.45, 2.75) is 98.0 Å². The molecule has 30 heavy (non-hydrogen) atoms. The summed E-state index contributed by atoms with van der Waals surface area (Å²) in [6.07, 6.45) is 7.92. The Balaban J connectivity index is 1.74. The molecule has 0 amide bonds. The van der Waals surface area contributed by atoms with Gasteiger partial charge in [0.2, 0.25) is 0 Å². The fraction of sp³-hybridized carbons (Fsp3) is 0.833. The first kappa shape index (κ1) is 24.5. The average Bonchev–Trinajstić information content (AvgIpc) is 2.66. The summed E-state index contributed by atoms with van der Waals surface area (Å²) in [6, 6.07) is 0. The van der Waals surface area contributed by atoms with Crippen LogP contribution in [0.15, 0.2) is 0 Å². The van der Waals surface area contributed by atoms with Gasteiger partial charge in [0, 0.05) is 0 Å². The molecule has 0 unspecified atom stereocenters. The third kappa shape index (κ3) is 7.51. The zero-order valence-corrected chi connectivity index (χ0v) is 19.0. The normalized spacial score (nSPS) is 27.2. The predicted molar refractivity (Wildman–Crippen MR) is 113 cm³/mol. The molecule has 2 aliphatic rings. The highest BCUT2D eigenvalue weighted by Crippen LogP contribution is 2.49. The van der Waals surface area contributed by atoms with E-state index < -0.39 is 11.9 Å². The molecule has 0 aliphatic heterocycles. The van der Waals surface area contributed by atoms with Crippen LogP contribution in [0.25, 0.3) is 0 Å². The molecule has 6 nitrogen and oxygen atoms in total. The fourth-order valence-electron chi connectivity index (χ4n) is 5.23. The Morgan fingerprint density at radius 3 is 1.70 bits per heavy atom. The first-order chi connectivity index (χ1) is 14.1. The van der Waals surface area contributed by atoms with Gasteiger partial charge in [0.1, 0.15) is 30.5 Å². The summed E-state index contributed by atoms with van der Waals surface area (Å²) < 4.78 is 10.7. The number of rotatable bonds is 9. The Kier molecular flexibility index (Phi) is 9.05. The van der Waals surface area contributed by atoms with Crippen molar-refractivity contribution in [3.05, 3.63) is 0 Å². The van der Waals surface area contributed by atoms with Crippen molar-refractivity contribution in [2.75, 3.05) is 6.61 Å². The van der Waals surface area contributed by atoms with Gasteiger partial charge in [-0.3, -0.25) is 19.2 Å².